The molecule has 6 N–H and O–H groups in total. The molecular weight excluding hydrogens is 484 g/mol. The number of rotatable bonds is 14. The lowest BCUT2D eigenvalue weighted by Gasteiger charge is -2.26. The van der Waals surface area contributed by atoms with Gasteiger partial charge in [0.2, 0.25) is 17.7 Å². The van der Waals surface area contributed by atoms with Crippen LogP contribution >= 0.6 is 0 Å². The van der Waals surface area contributed by atoms with E-state index in [0.29, 0.717) is 0 Å². The van der Waals surface area contributed by atoms with Gasteiger partial charge in [0.15, 0.2) is 0 Å². The van der Waals surface area contributed by atoms with Crippen LogP contribution in [-0.4, -0.2) is 53.0 Å². The van der Waals surface area contributed by atoms with Crippen molar-refractivity contribution in [1.29, 1.82) is 0 Å². The molecule has 0 aliphatic carbocycles. The Kier molecular flexibility index (Phi) is 11.9. The molecule has 9 heteroatoms. The van der Waals surface area contributed by atoms with Crippen LogP contribution in [0.4, 0.5) is 0 Å². The number of benzene rings is 2. The van der Waals surface area contributed by atoms with Gasteiger partial charge in [-0.15, -0.1) is 0 Å². The zero-order chi connectivity index (χ0) is 28.2. The first-order valence-corrected chi connectivity index (χ1v) is 12.9. The Bertz CT molecular complexity index is 1060. The van der Waals surface area contributed by atoms with E-state index < -0.39 is 47.9 Å². The smallest absolute Gasteiger partial charge is 0.326 e. The van der Waals surface area contributed by atoms with E-state index in [0.717, 1.165) is 11.1 Å². The van der Waals surface area contributed by atoms with Crippen LogP contribution in [0.5, 0.6) is 0 Å². The number of aliphatic carboxylic acids is 1. The fourth-order valence-corrected chi connectivity index (χ4v) is 3.93. The van der Waals surface area contributed by atoms with Gasteiger partial charge >= 0.3 is 5.97 Å². The molecule has 4 unspecified atom stereocenters. The minimum atomic E-state index is -1.14. The molecule has 9 nitrogen and oxygen atoms in total. The molecule has 2 aromatic carbocycles. The highest BCUT2D eigenvalue weighted by Crippen LogP contribution is 2.10. The van der Waals surface area contributed by atoms with E-state index in [2.05, 4.69) is 16.0 Å². The van der Waals surface area contributed by atoms with Crippen LogP contribution in [0.2, 0.25) is 0 Å². The first-order valence-electron chi connectivity index (χ1n) is 12.9. The summed E-state index contributed by atoms with van der Waals surface area (Å²) < 4.78 is 0. The van der Waals surface area contributed by atoms with E-state index in [1.807, 2.05) is 88.4 Å². The molecule has 38 heavy (non-hydrogen) atoms. The first kappa shape index (κ1) is 30.5. The standard InChI is InChI=1S/C29H40N4O5/c1-18(2)15-24(29(37)38)33-27(35)22(16-20-11-7-5-8-12-20)31-26(34)23(17-21-13-9-6-10-14-21)32-28(36)25(30)19(3)4/h5-14,18-19,22-25H,15-17,30H2,1-4H3,(H,31,34)(H,32,36)(H,33,35)(H,37,38). The second-order valence-corrected chi connectivity index (χ2v) is 10.3. The van der Waals surface area contributed by atoms with Gasteiger partial charge < -0.3 is 26.8 Å². The molecule has 0 aliphatic rings. The predicted octanol–water partition coefficient (Wildman–Crippen LogP) is 2.04. The maximum Gasteiger partial charge on any atom is 0.326 e. The Morgan fingerprint density at radius 2 is 1.08 bits per heavy atom. The van der Waals surface area contributed by atoms with Crippen LogP contribution in [0, 0.1) is 11.8 Å². The van der Waals surface area contributed by atoms with Gasteiger partial charge in [-0.25, -0.2) is 4.79 Å². The van der Waals surface area contributed by atoms with Gasteiger partial charge in [0.25, 0.3) is 0 Å². The molecule has 0 radical (unpaired) electrons. The van der Waals surface area contributed by atoms with Gasteiger partial charge in [-0.05, 0) is 29.4 Å². The number of carboxylic acids is 1. The molecule has 206 valence electrons. The summed E-state index contributed by atoms with van der Waals surface area (Å²) in [6.45, 7) is 7.35. The second kappa shape index (κ2) is 14.9. The summed E-state index contributed by atoms with van der Waals surface area (Å²) in [5.74, 6) is -2.89. The summed E-state index contributed by atoms with van der Waals surface area (Å²) in [7, 11) is 0. The summed E-state index contributed by atoms with van der Waals surface area (Å²) in [6.07, 6.45) is 0.574. The van der Waals surface area contributed by atoms with Gasteiger partial charge in [0, 0.05) is 12.8 Å². The lowest BCUT2D eigenvalue weighted by molar-refractivity contribution is -0.142. The highest BCUT2D eigenvalue weighted by molar-refractivity contribution is 5.94. The topological polar surface area (TPSA) is 151 Å². The van der Waals surface area contributed by atoms with Gasteiger partial charge in [-0.2, -0.15) is 0 Å². The Morgan fingerprint density at radius 1 is 0.684 bits per heavy atom. The van der Waals surface area contributed by atoms with Gasteiger partial charge in [-0.1, -0.05) is 88.4 Å². The highest BCUT2D eigenvalue weighted by atomic mass is 16.4. The molecule has 0 heterocycles. The molecule has 0 bridgehead atoms. The van der Waals surface area contributed by atoms with Crippen molar-refractivity contribution in [3.05, 3.63) is 71.8 Å². The zero-order valence-electron chi connectivity index (χ0n) is 22.5. The Labute approximate surface area is 224 Å². The number of hydrogen-bond acceptors (Lipinski definition) is 5. The van der Waals surface area contributed by atoms with E-state index >= 15 is 0 Å². The number of hydrogen-bond donors (Lipinski definition) is 5. The third kappa shape index (κ3) is 9.97. The van der Waals surface area contributed by atoms with Crippen LogP contribution in [0.25, 0.3) is 0 Å². The molecule has 3 amide bonds. The molecule has 4 atom stereocenters. The van der Waals surface area contributed by atoms with Gasteiger partial charge in [0.1, 0.15) is 18.1 Å². The number of amides is 3. The number of nitrogens with two attached hydrogens (primary N) is 1. The SMILES string of the molecule is CC(C)CC(NC(=O)C(Cc1ccccc1)NC(=O)C(Cc1ccccc1)NC(=O)C(N)C(C)C)C(=O)O. The minimum Gasteiger partial charge on any atom is -0.480 e. The summed E-state index contributed by atoms with van der Waals surface area (Å²) in [6, 6.07) is 14.3. The van der Waals surface area contributed by atoms with E-state index in [9.17, 15) is 24.3 Å². The van der Waals surface area contributed by atoms with Crippen molar-refractivity contribution < 1.29 is 24.3 Å². The van der Waals surface area contributed by atoms with Crippen molar-refractivity contribution in [3.63, 3.8) is 0 Å². The molecular formula is C29H40N4O5. The summed E-state index contributed by atoms with van der Waals surface area (Å²) in [5.41, 5.74) is 7.62. The Hall–Kier alpha value is -3.72. The van der Waals surface area contributed by atoms with Crippen molar-refractivity contribution in [1.82, 2.24) is 16.0 Å². The monoisotopic (exact) mass is 524 g/mol. The minimum absolute atomic E-state index is 0.0363. The van der Waals surface area contributed by atoms with Gasteiger partial charge in [-0.3, -0.25) is 14.4 Å². The lowest BCUT2D eigenvalue weighted by Crippen LogP contribution is -2.58. The van der Waals surface area contributed by atoms with Crippen molar-refractivity contribution in [3.8, 4) is 0 Å². The average Bonchev–Trinajstić information content (AvgIpc) is 2.87. The maximum atomic E-state index is 13.5. The summed E-state index contributed by atoms with van der Waals surface area (Å²) in [4.78, 5) is 51.3. The molecule has 0 fully saturated rings. The van der Waals surface area contributed by atoms with E-state index in [-0.39, 0.29) is 31.1 Å². The number of carbonyl (C=O) groups is 4. The van der Waals surface area contributed by atoms with Crippen LogP contribution < -0.4 is 21.7 Å². The van der Waals surface area contributed by atoms with Crippen molar-refractivity contribution in [2.24, 2.45) is 17.6 Å². The van der Waals surface area contributed by atoms with Crippen molar-refractivity contribution >= 4 is 23.7 Å². The van der Waals surface area contributed by atoms with Crippen LogP contribution in [0.3, 0.4) is 0 Å². The third-order valence-corrected chi connectivity index (χ3v) is 6.17. The number of carbonyl (C=O) groups excluding carboxylic acids is 3. The molecule has 0 saturated carbocycles. The quantitative estimate of drug-likeness (QED) is 0.255. The average molecular weight is 525 g/mol. The lowest BCUT2D eigenvalue weighted by atomic mass is 10.00. The molecule has 0 aromatic heterocycles. The van der Waals surface area contributed by atoms with E-state index in [1.165, 1.54) is 0 Å². The molecule has 2 rings (SSSR count). The molecule has 0 aliphatic heterocycles. The number of nitrogens with one attached hydrogen (secondary N) is 3. The highest BCUT2D eigenvalue weighted by Gasteiger charge is 2.31. The predicted molar refractivity (Wildman–Crippen MR) is 146 cm³/mol. The molecule has 0 spiro atoms. The van der Waals surface area contributed by atoms with Crippen molar-refractivity contribution in [2.45, 2.75) is 71.1 Å². The van der Waals surface area contributed by atoms with Gasteiger partial charge in [0.05, 0.1) is 6.04 Å². The third-order valence-electron chi connectivity index (χ3n) is 6.17. The summed E-state index contributed by atoms with van der Waals surface area (Å²) in [5, 5.41) is 17.7. The fourth-order valence-electron chi connectivity index (χ4n) is 3.93. The molecule has 0 saturated heterocycles. The first-order chi connectivity index (χ1) is 18.0. The Balaban J connectivity index is 2.30. The largest absolute Gasteiger partial charge is 0.480 e. The zero-order valence-corrected chi connectivity index (χ0v) is 22.5. The summed E-state index contributed by atoms with van der Waals surface area (Å²) >= 11 is 0. The van der Waals surface area contributed by atoms with E-state index in [4.69, 9.17) is 5.73 Å². The van der Waals surface area contributed by atoms with E-state index in [1.54, 1.807) is 0 Å². The van der Waals surface area contributed by atoms with Crippen LogP contribution in [-0.2, 0) is 32.0 Å². The maximum absolute atomic E-state index is 13.5. The second-order valence-electron chi connectivity index (χ2n) is 10.3. The Morgan fingerprint density at radius 3 is 1.45 bits per heavy atom. The van der Waals surface area contributed by atoms with Crippen molar-refractivity contribution in [2.75, 3.05) is 0 Å². The van der Waals surface area contributed by atoms with Crippen LogP contribution in [0.1, 0.15) is 45.2 Å². The normalized spacial score (nSPS) is 14.3. The number of carboxylic acid groups (broad SMARTS) is 1. The van der Waals surface area contributed by atoms with Crippen LogP contribution in [0.15, 0.2) is 60.7 Å². The molecule has 2 aromatic rings. The fraction of sp³-hybridized carbons (Fsp3) is 0.448.